The number of nitrogens with two attached hydrogens (primary N) is 1. The highest BCUT2D eigenvalue weighted by molar-refractivity contribution is 6.03. The zero-order chi connectivity index (χ0) is 29.1. The van der Waals surface area contributed by atoms with Gasteiger partial charge in [-0.05, 0) is 53.0 Å². The van der Waals surface area contributed by atoms with Gasteiger partial charge < -0.3 is 20.3 Å². The van der Waals surface area contributed by atoms with E-state index in [0.717, 1.165) is 39.1 Å². The largest absolute Gasteiger partial charge is 0.496 e. The Morgan fingerprint density at radius 1 is 1.02 bits per heavy atom. The van der Waals surface area contributed by atoms with Crippen molar-refractivity contribution in [3.8, 4) is 5.75 Å². The van der Waals surface area contributed by atoms with Crippen molar-refractivity contribution in [2.24, 2.45) is 10.7 Å². The molecule has 3 aromatic rings. The molecule has 0 amide bonds. The average molecular weight is 551 g/mol. The third-order valence-electron chi connectivity index (χ3n) is 7.13. The van der Waals surface area contributed by atoms with Gasteiger partial charge in [-0.1, -0.05) is 72.8 Å². The number of nitrogens with zero attached hydrogens (tertiary/aromatic N) is 1. The minimum atomic E-state index is -5.08. The Hall–Kier alpha value is -4.37. The molecular formula is C31H29F3N2O4. The third-order valence-corrected chi connectivity index (χ3v) is 7.13. The second-order valence-electron chi connectivity index (χ2n) is 9.41. The summed E-state index contributed by atoms with van der Waals surface area (Å²) in [5.41, 5.74) is 11.2. The Bertz CT molecular complexity index is 1500. The molecule has 6 nitrogen and oxygen atoms in total. The van der Waals surface area contributed by atoms with Crippen LogP contribution >= 0.6 is 0 Å². The molecule has 3 N–H and O–H groups in total. The molecule has 0 radical (unpaired) electrons. The summed E-state index contributed by atoms with van der Waals surface area (Å²) in [7, 11) is 3.46. The van der Waals surface area contributed by atoms with E-state index in [9.17, 15) is 13.2 Å². The minimum Gasteiger partial charge on any atom is -0.496 e. The number of amidine groups is 1. The van der Waals surface area contributed by atoms with Gasteiger partial charge >= 0.3 is 12.1 Å². The van der Waals surface area contributed by atoms with Crippen molar-refractivity contribution in [1.82, 2.24) is 0 Å². The maximum atomic E-state index is 10.6. The van der Waals surface area contributed by atoms with Crippen molar-refractivity contribution in [1.29, 1.82) is 0 Å². The molecule has 0 spiro atoms. The van der Waals surface area contributed by atoms with Gasteiger partial charge in [-0.15, -0.1) is 0 Å². The molecule has 0 fully saturated rings. The van der Waals surface area contributed by atoms with Crippen LogP contribution in [0.3, 0.4) is 0 Å². The predicted octanol–water partition coefficient (Wildman–Crippen LogP) is 6.03. The molecule has 0 saturated heterocycles. The summed E-state index contributed by atoms with van der Waals surface area (Å²) in [5.74, 6) is -1.39. The van der Waals surface area contributed by atoms with Gasteiger partial charge in [0, 0.05) is 19.1 Å². The molecule has 2 atom stereocenters. The number of aliphatic imine (C=N–C) groups is 1. The summed E-state index contributed by atoms with van der Waals surface area (Å²) in [6, 6.07) is 24.8. The van der Waals surface area contributed by atoms with E-state index < -0.39 is 23.3 Å². The van der Waals surface area contributed by atoms with Gasteiger partial charge in [-0.2, -0.15) is 13.2 Å². The molecule has 1 heterocycles. The fraction of sp³-hybridized carbons (Fsp3) is 0.226. The number of halogens is 3. The third kappa shape index (κ3) is 5.00. The summed E-state index contributed by atoms with van der Waals surface area (Å²) in [6.07, 6.45) is 2.14. The first kappa shape index (κ1) is 28.6. The summed E-state index contributed by atoms with van der Waals surface area (Å²) in [4.78, 5) is 14.1. The lowest BCUT2D eigenvalue weighted by atomic mass is 9.66. The number of aliphatic carboxylic acids is 1. The molecule has 0 saturated carbocycles. The van der Waals surface area contributed by atoms with E-state index in [1.54, 1.807) is 14.2 Å². The second-order valence-corrected chi connectivity index (χ2v) is 9.41. The summed E-state index contributed by atoms with van der Waals surface area (Å²) >= 11 is 0. The Morgan fingerprint density at radius 3 is 2.27 bits per heavy atom. The minimum absolute atomic E-state index is 0.528. The van der Waals surface area contributed by atoms with E-state index in [0.29, 0.717) is 12.3 Å². The second kappa shape index (κ2) is 11.0. The molecule has 0 aromatic heterocycles. The van der Waals surface area contributed by atoms with Crippen molar-refractivity contribution in [3.63, 3.8) is 0 Å². The summed E-state index contributed by atoms with van der Waals surface area (Å²) in [6.45, 7) is 2.05. The van der Waals surface area contributed by atoms with Crippen LogP contribution in [0.5, 0.6) is 5.75 Å². The lowest BCUT2D eigenvalue weighted by Gasteiger charge is -2.46. The first-order valence-corrected chi connectivity index (χ1v) is 12.4. The first-order valence-electron chi connectivity index (χ1n) is 12.4. The monoisotopic (exact) mass is 550 g/mol. The zero-order valence-electron chi connectivity index (χ0n) is 22.2. The van der Waals surface area contributed by atoms with Gasteiger partial charge in [-0.25, -0.2) is 9.79 Å². The van der Waals surface area contributed by atoms with Crippen LogP contribution in [0.15, 0.2) is 96.0 Å². The van der Waals surface area contributed by atoms with Gasteiger partial charge in [0.05, 0.1) is 7.11 Å². The average Bonchev–Trinajstić information content (AvgIpc) is 3.27. The first-order chi connectivity index (χ1) is 19.0. The number of carboxylic acids is 1. The molecule has 208 valence electrons. The zero-order valence-corrected chi connectivity index (χ0v) is 22.2. The molecule has 1 unspecified atom stereocenters. The highest BCUT2D eigenvalue weighted by Crippen LogP contribution is 2.54. The van der Waals surface area contributed by atoms with Crippen LogP contribution in [0, 0.1) is 6.92 Å². The van der Waals surface area contributed by atoms with Crippen LogP contribution in [-0.4, -0.2) is 42.9 Å². The number of ether oxygens (including phenoxy) is 2. The quantitative estimate of drug-likeness (QED) is 0.405. The number of allylic oxidation sites excluding steroid dienone is 2. The van der Waals surface area contributed by atoms with Crippen LogP contribution in [0.4, 0.5) is 13.2 Å². The highest BCUT2D eigenvalue weighted by Gasteiger charge is 2.57. The van der Waals surface area contributed by atoms with Crippen LogP contribution < -0.4 is 10.5 Å². The fourth-order valence-electron chi connectivity index (χ4n) is 5.29. The standard InChI is InChI=1S/C29H28N2O2.C2HF3O2/c1-20-18-23(15-16-26(20)32-2)29(25-14-8-7-13-24(25)27(30)31-29)28(33-3)17-9-12-22(19-28)21-10-5-4-6-11-21;3-2(4,5)1(6)7/h4-16,18-19H,17H2,1-3H3,(H2,30,31);(H,6,7)/t28-,29?;/m1./s1. The number of carboxylic acid groups (broad SMARTS) is 1. The maximum absolute atomic E-state index is 10.6. The Morgan fingerprint density at radius 2 is 1.68 bits per heavy atom. The lowest BCUT2D eigenvalue weighted by molar-refractivity contribution is -0.192. The molecule has 9 heteroatoms. The molecule has 0 bridgehead atoms. The van der Waals surface area contributed by atoms with E-state index in [1.807, 2.05) is 30.3 Å². The molecule has 2 aliphatic rings. The van der Waals surface area contributed by atoms with Crippen molar-refractivity contribution in [2.45, 2.75) is 30.7 Å². The number of hydrogen-bond donors (Lipinski definition) is 2. The summed E-state index contributed by atoms with van der Waals surface area (Å²) in [5, 5.41) is 7.12. The van der Waals surface area contributed by atoms with Gasteiger partial charge in [0.2, 0.25) is 0 Å². The molecule has 3 aromatic carbocycles. The van der Waals surface area contributed by atoms with Crippen molar-refractivity contribution in [2.75, 3.05) is 14.2 Å². The molecule has 1 aliphatic heterocycles. The number of hydrogen-bond acceptors (Lipinski definition) is 5. The van der Waals surface area contributed by atoms with Crippen molar-refractivity contribution < 1.29 is 32.5 Å². The molecular weight excluding hydrogens is 521 g/mol. The Balaban J connectivity index is 0.000000470. The number of rotatable bonds is 5. The number of alkyl halides is 3. The topological polar surface area (TPSA) is 94.1 Å². The molecule has 1 aliphatic carbocycles. The Labute approximate surface area is 230 Å². The number of methoxy groups -OCH3 is 2. The van der Waals surface area contributed by atoms with E-state index >= 15 is 0 Å². The van der Waals surface area contributed by atoms with Crippen molar-refractivity contribution in [3.05, 3.63) is 119 Å². The number of benzene rings is 3. The van der Waals surface area contributed by atoms with E-state index in [1.165, 1.54) is 0 Å². The lowest BCUT2D eigenvalue weighted by Crippen LogP contribution is -2.51. The summed E-state index contributed by atoms with van der Waals surface area (Å²) < 4.78 is 43.7. The molecule has 5 rings (SSSR count). The molecule has 40 heavy (non-hydrogen) atoms. The normalized spacial score (nSPS) is 21.4. The maximum Gasteiger partial charge on any atom is 0.490 e. The van der Waals surface area contributed by atoms with E-state index in [4.69, 9.17) is 30.1 Å². The van der Waals surface area contributed by atoms with Crippen LogP contribution in [0.1, 0.15) is 34.2 Å². The van der Waals surface area contributed by atoms with Crippen LogP contribution in [0.2, 0.25) is 0 Å². The predicted molar refractivity (Wildman–Crippen MR) is 147 cm³/mol. The van der Waals surface area contributed by atoms with Crippen LogP contribution in [0.25, 0.3) is 5.57 Å². The van der Waals surface area contributed by atoms with Gasteiger partial charge in [0.25, 0.3) is 0 Å². The SMILES string of the molecule is COc1ccc(C2([C@]3(OC)C=C(c4ccccc4)C=CC3)N=C(N)c3ccccc32)cc1C.O=C(O)C(F)(F)F. The van der Waals surface area contributed by atoms with Crippen LogP contribution in [-0.2, 0) is 15.1 Å². The van der Waals surface area contributed by atoms with E-state index in [-0.39, 0.29) is 0 Å². The smallest absolute Gasteiger partial charge is 0.490 e. The number of carbonyl (C=O) groups is 1. The van der Waals surface area contributed by atoms with Gasteiger partial charge in [0.1, 0.15) is 22.7 Å². The Kier molecular flexibility index (Phi) is 7.88. The van der Waals surface area contributed by atoms with Gasteiger partial charge in [0.15, 0.2) is 0 Å². The highest BCUT2D eigenvalue weighted by atomic mass is 19.4. The van der Waals surface area contributed by atoms with E-state index in [2.05, 4.69) is 67.6 Å². The van der Waals surface area contributed by atoms with Crippen molar-refractivity contribution >= 4 is 17.4 Å². The number of aryl methyl sites for hydroxylation is 1. The number of fused-ring (bicyclic) bond motifs is 1. The van der Waals surface area contributed by atoms with Gasteiger partial charge in [-0.3, -0.25) is 0 Å². The fourth-order valence-corrected chi connectivity index (χ4v) is 5.29.